The SMILES string of the molecule is CCNC(C)c1c(OC)cccc1N(C)CCC(C)C. The molecule has 1 aromatic rings. The quantitative estimate of drug-likeness (QED) is 0.781. The first-order valence-electron chi connectivity index (χ1n) is 7.62. The largest absolute Gasteiger partial charge is 0.496 e. The third-order valence-corrected chi connectivity index (χ3v) is 3.66. The first kappa shape index (κ1) is 16.8. The maximum Gasteiger partial charge on any atom is 0.125 e. The van der Waals surface area contributed by atoms with E-state index >= 15 is 0 Å². The molecule has 0 radical (unpaired) electrons. The fraction of sp³-hybridized carbons (Fsp3) is 0.647. The average molecular weight is 278 g/mol. The first-order valence-corrected chi connectivity index (χ1v) is 7.62. The smallest absolute Gasteiger partial charge is 0.125 e. The van der Waals surface area contributed by atoms with E-state index in [-0.39, 0.29) is 6.04 Å². The summed E-state index contributed by atoms with van der Waals surface area (Å²) in [6, 6.07) is 6.59. The van der Waals surface area contributed by atoms with Gasteiger partial charge in [-0.05, 0) is 37.9 Å². The van der Waals surface area contributed by atoms with Crippen LogP contribution in [0.3, 0.4) is 0 Å². The molecule has 0 aliphatic rings. The molecule has 1 rings (SSSR count). The van der Waals surface area contributed by atoms with Crippen LogP contribution < -0.4 is 15.0 Å². The molecule has 1 unspecified atom stereocenters. The molecule has 0 spiro atoms. The summed E-state index contributed by atoms with van der Waals surface area (Å²) in [6.45, 7) is 10.9. The zero-order valence-electron chi connectivity index (χ0n) is 13.9. The van der Waals surface area contributed by atoms with Gasteiger partial charge in [0.15, 0.2) is 0 Å². The van der Waals surface area contributed by atoms with Crippen molar-refractivity contribution >= 4 is 5.69 Å². The van der Waals surface area contributed by atoms with Gasteiger partial charge in [-0.3, -0.25) is 0 Å². The maximum absolute atomic E-state index is 5.56. The minimum absolute atomic E-state index is 0.285. The zero-order chi connectivity index (χ0) is 15.1. The van der Waals surface area contributed by atoms with Gasteiger partial charge in [0.1, 0.15) is 5.75 Å². The third-order valence-electron chi connectivity index (χ3n) is 3.66. The highest BCUT2D eigenvalue weighted by Gasteiger charge is 2.17. The van der Waals surface area contributed by atoms with Gasteiger partial charge in [0.2, 0.25) is 0 Å². The Hall–Kier alpha value is -1.22. The molecule has 0 saturated carbocycles. The van der Waals surface area contributed by atoms with E-state index in [4.69, 9.17) is 4.74 Å². The van der Waals surface area contributed by atoms with Crippen LogP contribution in [0, 0.1) is 5.92 Å². The fourth-order valence-electron chi connectivity index (χ4n) is 2.46. The molecule has 114 valence electrons. The van der Waals surface area contributed by atoms with Gasteiger partial charge in [-0.1, -0.05) is 26.8 Å². The zero-order valence-corrected chi connectivity index (χ0v) is 13.9. The van der Waals surface area contributed by atoms with Gasteiger partial charge in [0.25, 0.3) is 0 Å². The Labute approximate surface area is 124 Å². The molecule has 1 aromatic carbocycles. The molecule has 0 bridgehead atoms. The van der Waals surface area contributed by atoms with Gasteiger partial charge in [-0.2, -0.15) is 0 Å². The highest BCUT2D eigenvalue weighted by Crippen LogP contribution is 2.34. The molecular weight excluding hydrogens is 248 g/mol. The molecule has 1 N–H and O–H groups in total. The minimum Gasteiger partial charge on any atom is -0.496 e. The lowest BCUT2D eigenvalue weighted by Crippen LogP contribution is -2.25. The van der Waals surface area contributed by atoms with Crippen LogP contribution in [0.1, 0.15) is 45.7 Å². The Kier molecular flexibility index (Phi) is 6.86. The Balaban J connectivity index is 3.04. The number of ether oxygens (including phenoxy) is 1. The number of benzene rings is 1. The predicted molar refractivity (Wildman–Crippen MR) is 87.8 cm³/mol. The maximum atomic E-state index is 5.56. The van der Waals surface area contributed by atoms with Crippen LogP contribution in [0.15, 0.2) is 18.2 Å². The second-order valence-electron chi connectivity index (χ2n) is 5.78. The lowest BCUT2D eigenvalue weighted by atomic mass is 10.0. The van der Waals surface area contributed by atoms with Gasteiger partial charge < -0.3 is 15.0 Å². The second kappa shape index (κ2) is 8.15. The van der Waals surface area contributed by atoms with Gasteiger partial charge >= 0.3 is 0 Å². The van der Waals surface area contributed by atoms with E-state index in [1.807, 2.05) is 6.07 Å². The summed E-state index contributed by atoms with van der Waals surface area (Å²) in [6.07, 6.45) is 1.20. The van der Waals surface area contributed by atoms with Crippen LogP contribution in [-0.2, 0) is 0 Å². The highest BCUT2D eigenvalue weighted by atomic mass is 16.5. The molecule has 3 heteroatoms. The van der Waals surface area contributed by atoms with Crippen molar-refractivity contribution in [3.05, 3.63) is 23.8 Å². The summed E-state index contributed by atoms with van der Waals surface area (Å²) < 4.78 is 5.56. The average Bonchev–Trinajstić information content (AvgIpc) is 2.43. The lowest BCUT2D eigenvalue weighted by Gasteiger charge is -2.27. The van der Waals surface area contributed by atoms with Crippen molar-refractivity contribution in [2.75, 3.05) is 32.1 Å². The van der Waals surface area contributed by atoms with Crippen LogP contribution in [0.25, 0.3) is 0 Å². The second-order valence-corrected chi connectivity index (χ2v) is 5.78. The van der Waals surface area contributed by atoms with Crippen molar-refractivity contribution in [2.45, 2.75) is 40.2 Å². The molecule has 0 aliphatic heterocycles. The van der Waals surface area contributed by atoms with Crippen molar-refractivity contribution in [1.29, 1.82) is 0 Å². The van der Waals surface area contributed by atoms with E-state index in [1.54, 1.807) is 7.11 Å². The van der Waals surface area contributed by atoms with E-state index < -0.39 is 0 Å². The number of methoxy groups -OCH3 is 1. The molecule has 1 atom stereocenters. The third kappa shape index (κ3) is 4.41. The van der Waals surface area contributed by atoms with Crippen LogP contribution >= 0.6 is 0 Å². The number of hydrogen-bond donors (Lipinski definition) is 1. The van der Waals surface area contributed by atoms with E-state index in [2.05, 4.69) is 57.1 Å². The van der Waals surface area contributed by atoms with Gasteiger partial charge in [-0.25, -0.2) is 0 Å². The standard InChI is InChI=1S/C17H30N2O/c1-7-18-14(4)17-15(9-8-10-16(17)20-6)19(5)12-11-13(2)3/h8-10,13-14,18H,7,11-12H2,1-6H3. The van der Waals surface area contributed by atoms with Crippen molar-refractivity contribution < 1.29 is 4.74 Å². The molecule has 0 saturated heterocycles. The summed E-state index contributed by atoms with van der Waals surface area (Å²) in [5.41, 5.74) is 2.52. The van der Waals surface area contributed by atoms with Crippen molar-refractivity contribution in [3.63, 3.8) is 0 Å². The van der Waals surface area contributed by atoms with Crippen LogP contribution in [-0.4, -0.2) is 27.2 Å². The molecule has 3 nitrogen and oxygen atoms in total. The molecule has 0 heterocycles. The number of rotatable bonds is 8. The summed E-state index contributed by atoms with van der Waals surface area (Å²) in [5, 5.41) is 3.49. The Morgan fingerprint density at radius 1 is 1.25 bits per heavy atom. The first-order chi connectivity index (χ1) is 9.51. The molecular formula is C17H30N2O. The normalized spacial score (nSPS) is 12.6. The number of nitrogens with one attached hydrogen (secondary N) is 1. The van der Waals surface area contributed by atoms with Gasteiger partial charge in [0.05, 0.1) is 7.11 Å². The van der Waals surface area contributed by atoms with E-state index in [1.165, 1.54) is 17.7 Å². The Morgan fingerprint density at radius 3 is 2.50 bits per heavy atom. The van der Waals surface area contributed by atoms with Crippen molar-refractivity contribution in [1.82, 2.24) is 5.32 Å². The molecule has 0 fully saturated rings. The fourth-order valence-corrected chi connectivity index (χ4v) is 2.46. The Bertz CT molecular complexity index is 404. The van der Waals surface area contributed by atoms with E-state index in [0.717, 1.165) is 24.8 Å². The van der Waals surface area contributed by atoms with Gasteiger partial charge in [-0.15, -0.1) is 0 Å². The van der Waals surface area contributed by atoms with Crippen LogP contribution in [0.4, 0.5) is 5.69 Å². The summed E-state index contributed by atoms with van der Waals surface area (Å²) in [4.78, 5) is 2.34. The monoisotopic (exact) mass is 278 g/mol. The number of anilines is 1. The van der Waals surface area contributed by atoms with Gasteiger partial charge in [0, 0.05) is 30.9 Å². The van der Waals surface area contributed by atoms with Crippen molar-refractivity contribution in [3.8, 4) is 5.75 Å². The minimum atomic E-state index is 0.285. The number of hydrogen-bond acceptors (Lipinski definition) is 3. The lowest BCUT2D eigenvalue weighted by molar-refractivity contribution is 0.402. The summed E-state index contributed by atoms with van der Waals surface area (Å²) >= 11 is 0. The molecule has 0 aliphatic carbocycles. The highest BCUT2D eigenvalue weighted by molar-refractivity contribution is 5.60. The molecule has 0 aromatic heterocycles. The van der Waals surface area contributed by atoms with Crippen LogP contribution in [0.2, 0.25) is 0 Å². The van der Waals surface area contributed by atoms with Crippen LogP contribution in [0.5, 0.6) is 5.75 Å². The van der Waals surface area contributed by atoms with E-state index in [9.17, 15) is 0 Å². The molecule has 0 amide bonds. The Morgan fingerprint density at radius 2 is 1.95 bits per heavy atom. The summed E-state index contributed by atoms with van der Waals surface area (Å²) in [5.74, 6) is 1.69. The number of nitrogens with zero attached hydrogens (tertiary/aromatic N) is 1. The topological polar surface area (TPSA) is 24.5 Å². The predicted octanol–water partition coefficient (Wildman–Crippen LogP) is 3.85. The summed E-state index contributed by atoms with van der Waals surface area (Å²) in [7, 11) is 3.91. The molecule has 20 heavy (non-hydrogen) atoms. The van der Waals surface area contributed by atoms with E-state index in [0.29, 0.717) is 0 Å². The van der Waals surface area contributed by atoms with Crippen molar-refractivity contribution in [2.24, 2.45) is 5.92 Å².